The Hall–Kier alpha value is -2.97. The van der Waals surface area contributed by atoms with Crippen molar-refractivity contribution < 1.29 is 9.53 Å². The monoisotopic (exact) mass is 426 g/mol. The number of halogens is 1. The number of ether oxygens (including phenoxy) is 1. The molecule has 1 aliphatic rings. The molecule has 1 amide bonds. The molecule has 9 heteroatoms. The second-order valence-corrected chi connectivity index (χ2v) is 7.81. The van der Waals surface area contributed by atoms with Gasteiger partial charge in [0.05, 0.1) is 12.6 Å². The SMILES string of the molecule is N[C@@H](COc1ccc(C(=O)N2CC[C@H](c3ccc(Cl)cc3)C2)cc1)Cn1ncnn1. The van der Waals surface area contributed by atoms with E-state index in [-0.39, 0.29) is 11.9 Å². The summed E-state index contributed by atoms with van der Waals surface area (Å²) in [6.07, 6.45) is 2.31. The number of hydrogen-bond acceptors (Lipinski definition) is 6. The van der Waals surface area contributed by atoms with Gasteiger partial charge in [0.25, 0.3) is 5.91 Å². The van der Waals surface area contributed by atoms with E-state index in [0.717, 1.165) is 18.0 Å². The maximum atomic E-state index is 12.9. The Labute approximate surface area is 179 Å². The fraction of sp³-hybridized carbons (Fsp3) is 0.333. The Bertz CT molecular complexity index is 962. The van der Waals surface area contributed by atoms with Crippen molar-refractivity contribution in [1.29, 1.82) is 0 Å². The van der Waals surface area contributed by atoms with Gasteiger partial charge < -0.3 is 15.4 Å². The van der Waals surface area contributed by atoms with Crippen LogP contribution in [0.4, 0.5) is 0 Å². The van der Waals surface area contributed by atoms with Gasteiger partial charge in [-0.3, -0.25) is 4.79 Å². The van der Waals surface area contributed by atoms with E-state index in [1.54, 1.807) is 24.3 Å². The first-order chi connectivity index (χ1) is 14.6. The Morgan fingerprint density at radius 1 is 1.20 bits per heavy atom. The molecular formula is C21H23ClN6O2. The van der Waals surface area contributed by atoms with Gasteiger partial charge in [0.1, 0.15) is 12.4 Å². The van der Waals surface area contributed by atoms with Crippen molar-refractivity contribution >= 4 is 17.5 Å². The molecule has 0 aliphatic carbocycles. The second-order valence-electron chi connectivity index (χ2n) is 7.37. The molecule has 0 saturated carbocycles. The van der Waals surface area contributed by atoms with Crippen LogP contribution in [0.1, 0.15) is 28.3 Å². The Morgan fingerprint density at radius 2 is 1.97 bits per heavy atom. The van der Waals surface area contributed by atoms with E-state index in [1.807, 2.05) is 29.2 Å². The number of tetrazole rings is 1. The van der Waals surface area contributed by atoms with Crippen LogP contribution in [0, 0.1) is 0 Å². The number of hydrogen-bond donors (Lipinski definition) is 1. The molecule has 1 aromatic heterocycles. The number of carbonyl (C=O) groups excluding carboxylic acids is 1. The fourth-order valence-corrected chi connectivity index (χ4v) is 3.69. The van der Waals surface area contributed by atoms with Gasteiger partial charge in [0.2, 0.25) is 0 Å². The number of rotatable bonds is 7. The summed E-state index contributed by atoms with van der Waals surface area (Å²) in [5.74, 6) is 1.04. The van der Waals surface area contributed by atoms with E-state index in [2.05, 4.69) is 15.4 Å². The molecule has 0 spiro atoms. The molecule has 1 aliphatic heterocycles. The van der Waals surface area contributed by atoms with Gasteiger partial charge in [-0.2, -0.15) is 4.80 Å². The minimum absolute atomic E-state index is 0.0342. The molecule has 2 atom stereocenters. The van der Waals surface area contributed by atoms with Crippen LogP contribution in [0.2, 0.25) is 5.02 Å². The van der Waals surface area contributed by atoms with E-state index in [0.29, 0.717) is 36.9 Å². The normalized spacial score (nSPS) is 17.1. The third kappa shape index (κ3) is 4.95. The quantitative estimate of drug-likeness (QED) is 0.622. The minimum Gasteiger partial charge on any atom is -0.492 e. The van der Waals surface area contributed by atoms with Gasteiger partial charge >= 0.3 is 0 Å². The fourth-order valence-electron chi connectivity index (χ4n) is 3.57. The molecule has 2 aromatic carbocycles. The van der Waals surface area contributed by atoms with Crippen LogP contribution >= 0.6 is 11.6 Å². The van der Waals surface area contributed by atoms with Crippen LogP contribution in [0.15, 0.2) is 54.9 Å². The molecule has 4 rings (SSSR count). The lowest BCUT2D eigenvalue weighted by molar-refractivity contribution is 0.0790. The average molecular weight is 427 g/mol. The summed E-state index contributed by atoms with van der Waals surface area (Å²) in [4.78, 5) is 16.2. The lowest BCUT2D eigenvalue weighted by Crippen LogP contribution is -2.33. The largest absolute Gasteiger partial charge is 0.492 e. The molecule has 2 heterocycles. The predicted molar refractivity (Wildman–Crippen MR) is 112 cm³/mol. The van der Waals surface area contributed by atoms with Crippen LogP contribution < -0.4 is 10.5 Å². The first-order valence-electron chi connectivity index (χ1n) is 9.82. The van der Waals surface area contributed by atoms with Crippen LogP contribution in [0.5, 0.6) is 5.75 Å². The van der Waals surface area contributed by atoms with Gasteiger partial charge in [-0.15, -0.1) is 10.2 Å². The van der Waals surface area contributed by atoms with E-state index in [4.69, 9.17) is 22.1 Å². The molecule has 1 fully saturated rings. The predicted octanol–water partition coefficient (Wildman–Crippen LogP) is 2.36. The summed E-state index contributed by atoms with van der Waals surface area (Å²) in [6, 6.07) is 14.8. The van der Waals surface area contributed by atoms with Gasteiger partial charge in [-0.1, -0.05) is 23.7 Å². The molecule has 0 unspecified atom stereocenters. The number of nitrogens with zero attached hydrogens (tertiary/aromatic N) is 5. The Morgan fingerprint density at radius 3 is 2.67 bits per heavy atom. The highest BCUT2D eigenvalue weighted by Gasteiger charge is 2.27. The Kier molecular flexibility index (Phi) is 6.25. The number of nitrogens with two attached hydrogens (primary N) is 1. The van der Waals surface area contributed by atoms with E-state index in [9.17, 15) is 4.79 Å². The lowest BCUT2D eigenvalue weighted by atomic mass is 9.99. The summed E-state index contributed by atoms with van der Waals surface area (Å²) in [5, 5.41) is 12.1. The molecule has 1 saturated heterocycles. The van der Waals surface area contributed by atoms with Crippen molar-refractivity contribution in [3.63, 3.8) is 0 Å². The summed E-state index contributed by atoms with van der Waals surface area (Å²) in [6.45, 7) is 2.18. The van der Waals surface area contributed by atoms with Crippen LogP contribution in [-0.2, 0) is 6.54 Å². The van der Waals surface area contributed by atoms with E-state index >= 15 is 0 Å². The molecule has 3 aromatic rings. The first kappa shape index (κ1) is 20.3. The van der Waals surface area contributed by atoms with E-state index in [1.165, 1.54) is 16.7 Å². The smallest absolute Gasteiger partial charge is 0.253 e. The van der Waals surface area contributed by atoms with Gasteiger partial charge in [0.15, 0.2) is 6.33 Å². The van der Waals surface area contributed by atoms with Crippen LogP contribution in [-0.4, -0.2) is 56.8 Å². The van der Waals surface area contributed by atoms with Crippen molar-refractivity contribution in [3.8, 4) is 5.75 Å². The molecule has 30 heavy (non-hydrogen) atoms. The first-order valence-corrected chi connectivity index (χ1v) is 10.2. The molecule has 0 bridgehead atoms. The number of amides is 1. The van der Waals surface area contributed by atoms with Crippen LogP contribution in [0.3, 0.4) is 0 Å². The highest BCUT2D eigenvalue weighted by Crippen LogP contribution is 2.29. The number of aromatic nitrogens is 4. The van der Waals surface area contributed by atoms with Crippen molar-refractivity contribution in [2.45, 2.75) is 24.9 Å². The average Bonchev–Trinajstić information content (AvgIpc) is 3.45. The molecule has 0 radical (unpaired) electrons. The third-order valence-corrected chi connectivity index (χ3v) is 5.42. The third-order valence-electron chi connectivity index (χ3n) is 5.17. The summed E-state index contributed by atoms with van der Waals surface area (Å²) in [5.41, 5.74) is 7.89. The number of benzene rings is 2. The molecular weight excluding hydrogens is 404 g/mol. The van der Waals surface area contributed by atoms with E-state index < -0.39 is 0 Å². The van der Waals surface area contributed by atoms with Gasteiger partial charge in [-0.25, -0.2) is 0 Å². The minimum atomic E-state index is -0.269. The maximum Gasteiger partial charge on any atom is 0.253 e. The molecule has 2 N–H and O–H groups in total. The Balaban J connectivity index is 1.29. The second kappa shape index (κ2) is 9.23. The number of likely N-dealkylation sites (tertiary alicyclic amines) is 1. The summed E-state index contributed by atoms with van der Waals surface area (Å²) < 4.78 is 5.71. The van der Waals surface area contributed by atoms with Crippen molar-refractivity contribution in [1.82, 2.24) is 25.1 Å². The van der Waals surface area contributed by atoms with Crippen molar-refractivity contribution in [2.75, 3.05) is 19.7 Å². The maximum absolute atomic E-state index is 12.9. The molecule has 156 valence electrons. The van der Waals surface area contributed by atoms with Crippen molar-refractivity contribution in [3.05, 3.63) is 71.0 Å². The number of carbonyl (C=O) groups is 1. The summed E-state index contributed by atoms with van der Waals surface area (Å²) >= 11 is 5.97. The zero-order valence-corrected chi connectivity index (χ0v) is 17.2. The lowest BCUT2D eigenvalue weighted by Gasteiger charge is -2.17. The molecule has 8 nitrogen and oxygen atoms in total. The van der Waals surface area contributed by atoms with Gasteiger partial charge in [0, 0.05) is 29.6 Å². The van der Waals surface area contributed by atoms with Crippen LogP contribution in [0.25, 0.3) is 0 Å². The standard InChI is InChI=1S/C21H23ClN6O2/c22-18-5-1-15(2-6-18)17-9-10-27(11-17)21(29)16-3-7-20(8-4-16)30-13-19(23)12-28-25-14-24-26-28/h1-8,14,17,19H,9-13,23H2/t17-,19+/m0/s1. The summed E-state index contributed by atoms with van der Waals surface area (Å²) in [7, 11) is 0. The topological polar surface area (TPSA) is 99.2 Å². The highest BCUT2D eigenvalue weighted by atomic mass is 35.5. The van der Waals surface area contributed by atoms with Crippen molar-refractivity contribution in [2.24, 2.45) is 5.73 Å². The zero-order chi connectivity index (χ0) is 20.9. The highest BCUT2D eigenvalue weighted by molar-refractivity contribution is 6.30. The van der Waals surface area contributed by atoms with Gasteiger partial charge in [-0.05, 0) is 53.6 Å². The zero-order valence-electron chi connectivity index (χ0n) is 16.4.